The molecular weight excluding hydrogens is 597 g/mol. The minimum atomic E-state index is -1.37. The highest BCUT2D eigenvalue weighted by Crippen LogP contribution is 2.53. The third-order valence-corrected chi connectivity index (χ3v) is 10.1. The fourth-order valence-electron chi connectivity index (χ4n) is 6.83. The fraction of sp³-hybridized carbons (Fsp3) is 0.667. The quantitative estimate of drug-likeness (QED) is 0.280. The summed E-state index contributed by atoms with van der Waals surface area (Å²) in [6.45, 7) is 16.7. The van der Waals surface area contributed by atoms with Crippen LogP contribution in [0.25, 0.3) is 11.3 Å². The molecule has 4 heterocycles. The summed E-state index contributed by atoms with van der Waals surface area (Å²) in [6.07, 6.45) is 2.76. The smallest absolute Gasteiger partial charge is 0.467 e. The lowest BCUT2D eigenvalue weighted by molar-refractivity contribution is -0.0661. The van der Waals surface area contributed by atoms with Gasteiger partial charge in [0.05, 0.1) is 40.9 Å². The first kappa shape index (κ1) is 34.3. The van der Waals surface area contributed by atoms with E-state index in [9.17, 15) is 4.79 Å². The molecule has 0 aliphatic carbocycles. The first-order valence-corrected chi connectivity index (χ1v) is 15.8. The average Bonchev–Trinajstić information content (AvgIpc) is 3.32. The summed E-state index contributed by atoms with van der Waals surface area (Å²) in [6, 6.07) is 2.30. The predicted octanol–water partition coefficient (Wildman–Crippen LogP) is 5.66. The third kappa shape index (κ3) is 5.94. The van der Waals surface area contributed by atoms with Gasteiger partial charge >= 0.3 is 13.2 Å². The molecule has 10 nitrogen and oxygen atoms in total. The number of halogens is 2. The molecule has 0 saturated carbocycles. The van der Waals surface area contributed by atoms with Gasteiger partial charge < -0.3 is 28.4 Å². The van der Waals surface area contributed by atoms with Crippen molar-refractivity contribution in [3.63, 3.8) is 0 Å². The van der Waals surface area contributed by atoms with E-state index in [-0.39, 0.29) is 12.3 Å². The number of rotatable bonds is 7. The van der Waals surface area contributed by atoms with Crippen LogP contribution >= 0.6 is 0 Å². The maximum absolute atomic E-state index is 16.5. The Kier molecular flexibility index (Phi) is 8.65. The van der Waals surface area contributed by atoms with Gasteiger partial charge in [-0.15, -0.1) is 0 Å². The van der Waals surface area contributed by atoms with Crippen molar-refractivity contribution in [2.24, 2.45) is 0 Å². The summed E-state index contributed by atoms with van der Waals surface area (Å²) in [7, 11) is 2.34. The Labute approximate surface area is 271 Å². The summed E-state index contributed by atoms with van der Waals surface area (Å²) in [4.78, 5) is 25.9. The van der Waals surface area contributed by atoms with Gasteiger partial charge in [0.1, 0.15) is 29.2 Å². The number of benzene rings is 1. The van der Waals surface area contributed by atoms with Crippen molar-refractivity contribution >= 4 is 24.5 Å². The molecule has 1 aromatic heterocycles. The molecule has 3 fully saturated rings. The molecular formula is C33H47BF2N4O6. The van der Waals surface area contributed by atoms with Gasteiger partial charge in [-0.25, -0.2) is 18.6 Å². The van der Waals surface area contributed by atoms with Crippen molar-refractivity contribution in [3.8, 4) is 17.0 Å². The minimum Gasteiger partial charge on any atom is -0.467 e. The van der Waals surface area contributed by atoms with Crippen LogP contribution in [0.3, 0.4) is 0 Å². The number of carbonyl (C=O) groups is 1. The Morgan fingerprint density at radius 1 is 1.09 bits per heavy atom. The lowest BCUT2D eigenvalue weighted by Crippen LogP contribution is -2.69. The van der Waals surface area contributed by atoms with E-state index >= 15 is 8.78 Å². The van der Waals surface area contributed by atoms with Crippen LogP contribution in [-0.2, 0) is 18.8 Å². The number of ether oxygens (including phenoxy) is 3. The number of methoxy groups -OCH3 is 1. The average molecular weight is 645 g/mol. The zero-order chi connectivity index (χ0) is 34.0. The molecule has 3 aliphatic heterocycles. The summed E-state index contributed by atoms with van der Waals surface area (Å²) >= 11 is 0. The zero-order valence-electron chi connectivity index (χ0n) is 28.9. The monoisotopic (exact) mass is 644 g/mol. The van der Waals surface area contributed by atoms with Gasteiger partial charge in [0.2, 0.25) is 0 Å². The van der Waals surface area contributed by atoms with E-state index in [0.717, 1.165) is 0 Å². The van der Waals surface area contributed by atoms with Crippen LogP contribution in [0.1, 0.15) is 81.6 Å². The van der Waals surface area contributed by atoms with E-state index in [1.165, 1.54) is 31.6 Å². The number of hydrogen-bond acceptors (Lipinski definition) is 9. The van der Waals surface area contributed by atoms with E-state index < -0.39 is 59.1 Å². The topological polar surface area (TPSA) is 95.5 Å². The van der Waals surface area contributed by atoms with Gasteiger partial charge in [0.25, 0.3) is 0 Å². The normalized spacial score (nSPS) is 28.4. The van der Waals surface area contributed by atoms with Crippen LogP contribution in [0, 0.1) is 5.82 Å². The van der Waals surface area contributed by atoms with Crippen LogP contribution in [0.15, 0.2) is 24.5 Å². The number of alkyl halides is 1. The van der Waals surface area contributed by atoms with Crippen LogP contribution < -0.4 is 15.1 Å². The SMILES string of the molecule is COCOc1cc(B2OC(C)(C)C(C)(C)O2)c(F)cc1-c1cnc(N(C)[C@@H]2C[C@@]3(C)CC[C@@](C)([C@@H]2F)N3C(=O)OC(C)(C)C)cn1. The summed E-state index contributed by atoms with van der Waals surface area (Å²) in [5, 5.41) is 0. The standard InChI is InChI=1S/C33H47BF2N4O6/c1-29(2,3)44-28(41)40-32(8)12-13-33(40,9)27(36)24(16-32)39(10)26-18-37-23(17-38-26)20-14-22(35)21(15-25(20)43-19-42-11)34-45-30(4,5)31(6,7)46-34/h14-15,17-18,24,27H,12-13,16,19H2,1-11H3/t24-,27-,32-,33+/m1/s1. The maximum atomic E-state index is 16.5. The predicted molar refractivity (Wildman–Crippen MR) is 171 cm³/mol. The Bertz CT molecular complexity index is 1460. The van der Waals surface area contributed by atoms with Crippen LogP contribution in [0.4, 0.5) is 19.4 Å². The summed E-state index contributed by atoms with van der Waals surface area (Å²) in [5.41, 5.74) is -2.69. The molecule has 5 rings (SSSR count). The zero-order valence-corrected chi connectivity index (χ0v) is 28.9. The largest absolute Gasteiger partial charge is 0.497 e. The second-order valence-electron chi connectivity index (χ2n) is 15.2. The highest BCUT2D eigenvalue weighted by Gasteiger charge is 2.64. The first-order valence-electron chi connectivity index (χ1n) is 15.8. The van der Waals surface area contributed by atoms with Crippen LogP contribution in [0.2, 0.25) is 0 Å². The highest BCUT2D eigenvalue weighted by atomic mass is 19.1. The van der Waals surface area contributed by atoms with Gasteiger partial charge in [-0.2, -0.15) is 0 Å². The first-order chi connectivity index (χ1) is 21.2. The second-order valence-corrected chi connectivity index (χ2v) is 15.2. The maximum Gasteiger partial charge on any atom is 0.497 e. The molecule has 2 bridgehead atoms. The molecule has 0 radical (unpaired) electrons. The second kappa shape index (κ2) is 11.6. The molecule has 4 atom stereocenters. The molecule has 0 unspecified atom stereocenters. The Morgan fingerprint density at radius 2 is 1.74 bits per heavy atom. The van der Waals surface area contributed by atoms with Gasteiger partial charge in [0, 0.05) is 30.7 Å². The number of hydrogen-bond donors (Lipinski definition) is 0. The van der Waals surface area contributed by atoms with Crippen LogP contribution in [0.5, 0.6) is 5.75 Å². The molecule has 1 amide bonds. The summed E-state index contributed by atoms with van der Waals surface area (Å²) in [5.74, 6) is 0.219. The lowest BCUT2D eigenvalue weighted by atomic mass is 9.78. The van der Waals surface area contributed by atoms with Crippen molar-refractivity contribution in [2.75, 3.05) is 25.9 Å². The number of piperidine rings is 1. The van der Waals surface area contributed by atoms with Gasteiger partial charge in [-0.05, 0) is 93.7 Å². The van der Waals surface area contributed by atoms with Gasteiger partial charge in [0.15, 0.2) is 6.79 Å². The van der Waals surface area contributed by atoms with E-state index in [2.05, 4.69) is 9.97 Å². The number of anilines is 1. The van der Waals surface area contributed by atoms with Crippen molar-refractivity contribution in [3.05, 3.63) is 30.3 Å². The molecule has 3 aliphatic rings. The molecule has 3 saturated heterocycles. The minimum absolute atomic E-state index is 0.0763. The van der Waals surface area contributed by atoms with E-state index in [1.807, 2.05) is 55.4 Å². The number of carbonyl (C=O) groups excluding carboxylic acids is 1. The Hall–Kier alpha value is -3.03. The van der Waals surface area contributed by atoms with Crippen molar-refractivity contribution < 1.29 is 37.1 Å². The van der Waals surface area contributed by atoms with Crippen molar-refractivity contribution in [1.29, 1.82) is 0 Å². The highest BCUT2D eigenvalue weighted by molar-refractivity contribution is 6.62. The van der Waals surface area contributed by atoms with E-state index in [1.54, 1.807) is 23.8 Å². The van der Waals surface area contributed by atoms with Crippen LogP contribution in [-0.4, -0.2) is 89.1 Å². The lowest BCUT2D eigenvalue weighted by Gasteiger charge is -2.54. The summed E-state index contributed by atoms with van der Waals surface area (Å²) < 4.78 is 60.9. The number of aromatic nitrogens is 2. The van der Waals surface area contributed by atoms with E-state index in [4.69, 9.17) is 23.5 Å². The molecule has 0 spiro atoms. The fourth-order valence-corrected chi connectivity index (χ4v) is 6.83. The van der Waals surface area contributed by atoms with Gasteiger partial charge in [-0.3, -0.25) is 9.88 Å². The molecule has 0 N–H and O–H groups in total. The van der Waals surface area contributed by atoms with Crippen molar-refractivity contribution in [2.45, 2.75) is 122 Å². The molecule has 13 heteroatoms. The molecule has 2 aromatic rings. The third-order valence-electron chi connectivity index (χ3n) is 10.1. The Balaban J connectivity index is 1.40. The molecule has 1 aromatic carbocycles. The van der Waals surface area contributed by atoms with E-state index in [0.29, 0.717) is 42.1 Å². The van der Waals surface area contributed by atoms with Gasteiger partial charge in [-0.1, -0.05) is 0 Å². The van der Waals surface area contributed by atoms with Crippen molar-refractivity contribution in [1.82, 2.24) is 14.9 Å². The number of fused-ring (bicyclic) bond motifs is 2. The molecule has 252 valence electrons. The number of amides is 1. The molecule has 46 heavy (non-hydrogen) atoms. The Morgan fingerprint density at radius 3 is 2.30 bits per heavy atom. The number of nitrogens with zero attached hydrogens (tertiary/aromatic N) is 4.